The van der Waals surface area contributed by atoms with Gasteiger partial charge >= 0.3 is 0 Å². The molecule has 0 unspecified atom stereocenters. The van der Waals surface area contributed by atoms with E-state index in [9.17, 15) is 0 Å². The number of hydrogen-bond donors (Lipinski definition) is 1. The van der Waals surface area contributed by atoms with Crippen molar-refractivity contribution in [2.24, 2.45) is 0 Å². The Bertz CT molecular complexity index is 1500. The van der Waals surface area contributed by atoms with Crippen LogP contribution in [0.15, 0.2) is 48.8 Å². The van der Waals surface area contributed by atoms with E-state index in [1.165, 1.54) is 0 Å². The highest BCUT2D eigenvalue weighted by Crippen LogP contribution is 2.36. The molecule has 3 aromatic heterocycles. The summed E-state index contributed by atoms with van der Waals surface area (Å²) in [6, 6.07) is 12.3. The monoisotopic (exact) mass is 458 g/mol. The zero-order valence-corrected chi connectivity index (χ0v) is 19.2. The number of rotatable bonds is 3. The van der Waals surface area contributed by atoms with E-state index in [0.29, 0.717) is 5.02 Å². The van der Waals surface area contributed by atoms with Crippen LogP contribution in [0.25, 0.3) is 39.0 Å². The number of H-pyrrole nitrogens is 1. The Balaban J connectivity index is 1.66. The molecular formula is C25H23ClN6O. The van der Waals surface area contributed by atoms with Gasteiger partial charge in [0.25, 0.3) is 0 Å². The van der Waals surface area contributed by atoms with Crippen molar-refractivity contribution >= 4 is 39.2 Å². The molecule has 0 radical (unpaired) electrons. The van der Waals surface area contributed by atoms with E-state index in [-0.39, 0.29) is 0 Å². The molecule has 0 bridgehead atoms. The smallest absolute Gasteiger partial charge is 0.139 e. The van der Waals surface area contributed by atoms with Gasteiger partial charge in [-0.25, -0.2) is 9.97 Å². The number of fused-ring (bicyclic) bond motifs is 2. The Labute approximate surface area is 196 Å². The molecule has 0 amide bonds. The predicted molar refractivity (Wildman–Crippen MR) is 131 cm³/mol. The van der Waals surface area contributed by atoms with Gasteiger partial charge in [0.1, 0.15) is 17.2 Å². The summed E-state index contributed by atoms with van der Waals surface area (Å²) in [5.41, 5.74) is 6.78. The lowest BCUT2D eigenvalue weighted by molar-refractivity contribution is 0.122. The second kappa shape index (κ2) is 7.86. The molecule has 0 atom stereocenters. The van der Waals surface area contributed by atoms with Crippen molar-refractivity contribution in [1.82, 2.24) is 24.5 Å². The van der Waals surface area contributed by atoms with E-state index in [2.05, 4.69) is 37.6 Å². The maximum atomic E-state index is 6.46. The summed E-state index contributed by atoms with van der Waals surface area (Å²) in [5, 5.41) is 1.62. The van der Waals surface area contributed by atoms with Gasteiger partial charge in [-0.3, -0.25) is 9.55 Å². The first kappa shape index (κ1) is 20.2. The van der Waals surface area contributed by atoms with Crippen LogP contribution in [0.4, 0.5) is 5.69 Å². The molecule has 0 aliphatic carbocycles. The van der Waals surface area contributed by atoms with Crippen LogP contribution >= 0.6 is 11.6 Å². The molecule has 6 rings (SSSR count). The minimum Gasteiger partial charge on any atom is -0.378 e. The normalized spacial score (nSPS) is 14.5. The molecule has 1 saturated heterocycles. The molecule has 1 fully saturated rings. The van der Waals surface area contributed by atoms with E-state index < -0.39 is 0 Å². The van der Waals surface area contributed by atoms with Crippen LogP contribution in [0.3, 0.4) is 0 Å². The Morgan fingerprint density at radius 3 is 2.67 bits per heavy atom. The molecule has 7 nitrogen and oxygen atoms in total. The van der Waals surface area contributed by atoms with Crippen molar-refractivity contribution in [2.45, 2.75) is 13.8 Å². The topological polar surface area (TPSA) is 71.9 Å². The molecule has 0 saturated carbocycles. The first-order chi connectivity index (χ1) is 16.1. The maximum Gasteiger partial charge on any atom is 0.139 e. The Kier molecular flexibility index (Phi) is 4.81. The van der Waals surface area contributed by atoms with Crippen LogP contribution in [-0.2, 0) is 4.74 Å². The molecule has 2 aromatic carbocycles. The van der Waals surface area contributed by atoms with Gasteiger partial charge in [-0.05, 0) is 38.1 Å². The molecule has 166 valence electrons. The number of anilines is 1. The van der Waals surface area contributed by atoms with Gasteiger partial charge in [0.05, 0.1) is 40.7 Å². The van der Waals surface area contributed by atoms with Gasteiger partial charge in [-0.1, -0.05) is 23.7 Å². The van der Waals surface area contributed by atoms with E-state index in [0.717, 1.165) is 82.5 Å². The lowest BCUT2D eigenvalue weighted by atomic mass is 10.1. The molecule has 4 heterocycles. The summed E-state index contributed by atoms with van der Waals surface area (Å²) < 4.78 is 7.78. The second-order valence-electron chi connectivity index (χ2n) is 8.31. The molecule has 1 aliphatic rings. The van der Waals surface area contributed by atoms with Crippen LogP contribution in [0.1, 0.15) is 11.5 Å². The molecule has 0 spiro atoms. The van der Waals surface area contributed by atoms with Crippen LogP contribution in [0, 0.1) is 13.8 Å². The van der Waals surface area contributed by atoms with Crippen molar-refractivity contribution in [1.29, 1.82) is 0 Å². The maximum absolute atomic E-state index is 6.46. The van der Waals surface area contributed by atoms with Gasteiger partial charge in [-0.2, -0.15) is 0 Å². The highest BCUT2D eigenvalue weighted by Gasteiger charge is 2.21. The highest BCUT2D eigenvalue weighted by molar-refractivity contribution is 6.35. The van der Waals surface area contributed by atoms with Crippen LogP contribution < -0.4 is 4.90 Å². The van der Waals surface area contributed by atoms with E-state index in [1.54, 1.807) is 6.20 Å². The number of nitrogens with one attached hydrogen (secondary N) is 1. The number of morpholine rings is 1. The van der Waals surface area contributed by atoms with Crippen LogP contribution in [-0.4, -0.2) is 50.8 Å². The molecular weight excluding hydrogens is 436 g/mol. The molecule has 1 N–H and O–H groups in total. The number of imidazole rings is 2. The summed E-state index contributed by atoms with van der Waals surface area (Å²) in [6.07, 6.45) is 3.72. The summed E-state index contributed by atoms with van der Waals surface area (Å²) in [7, 11) is 0. The number of pyridine rings is 1. The fourth-order valence-corrected chi connectivity index (χ4v) is 4.86. The minimum absolute atomic E-state index is 0.636. The average molecular weight is 459 g/mol. The summed E-state index contributed by atoms with van der Waals surface area (Å²) >= 11 is 6.46. The first-order valence-corrected chi connectivity index (χ1v) is 11.4. The van der Waals surface area contributed by atoms with Gasteiger partial charge in [0.15, 0.2) is 0 Å². The largest absolute Gasteiger partial charge is 0.378 e. The van der Waals surface area contributed by atoms with E-state index in [4.69, 9.17) is 26.3 Å². The van der Waals surface area contributed by atoms with Crippen LogP contribution in [0.5, 0.6) is 0 Å². The number of nitrogens with zero attached hydrogens (tertiary/aromatic N) is 5. The molecule has 1 aliphatic heterocycles. The number of benzene rings is 2. The SMILES string of the molecule is Cc1c[nH]c(-c2cc(N3CCOCC3)cc3c2nc(C)n3-c2ccnc3c(Cl)cccc23)n1. The summed E-state index contributed by atoms with van der Waals surface area (Å²) in [4.78, 5) is 19.9. The van der Waals surface area contributed by atoms with Gasteiger partial charge in [0, 0.05) is 42.1 Å². The number of para-hydroxylation sites is 1. The van der Waals surface area contributed by atoms with Gasteiger partial charge < -0.3 is 14.6 Å². The fraction of sp³-hybridized carbons (Fsp3) is 0.240. The Morgan fingerprint density at radius 1 is 1.03 bits per heavy atom. The number of halogens is 1. The minimum atomic E-state index is 0.636. The van der Waals surface area contributed by atoms with Crippen molar-refractivity contribution in [3.63, 3.8) is 0 Å². The quantitative estimate of drug-likeness (QED) is 0.408. The Morgan fingerprint density at radius 2 is 1.88 bits per heavy atom. The van der Waals surface area contributed by atoms with Crippen molar-refractivity contribution in [3.05, 3.63) is 65.3 Å². The molecule has 33 heavy (non-hydrogen) atoms. The van der Waals surface area contributed by atoms with E-state index in [1.807, 2.05) is 38.2 Å². The number of ether oxygens (including phenoxy) is 1. The highest BCUT2D eigenvalue weighted by atomic mass is 35.5. The van der Waals surface area contributed by atoms with Gasteiger partial charge in [0.2, 0.25) is 0 Å². The van der Waals surface area contributed by atoms with Crippen LogP contribution in [0.2, 0.25) is 5.02 Å². The average Bonchev–Trinajstić information content (AvgIpc) is 3.41. The fourth-order valence-electron chi connectivity index (χ4n) is 4.64. The predicted octanol–water partition coefficient (Wildman–Crippen LogP) is 5.07. The number of hydrogen-bond acceptors (Lipinski definition) is 5. The van der Waals surface area contributed by atoms with Crippen molar-refractivity contribution in [2.75, 3.05) is 31.2 Å². The standard InChI is InChI=1S/C25H23ClN6O/c1-15-14-28-25(29-15)19-12-17(31-8-10-33-11-9-31)13-22-24(19)30-16(2)32(22)21-6-7-27-23-18(21)4-3-5-20(23)26/h3-7,12-14H,8-11H2,1-2H3,(H,28,29). The lowest BCUT2D eigenvalue weighted by Crippen LogP contribution is -2.36. The zero-order valence-electron chi connectivity index (χ0n) is 18.5. The Hall–Kier alpha value is -3.42. The number of aromatic nitrogens is 5. The van der Waals surface area contributed by atoms with Crippen molar-refractivity contribution in [3.8, 4) is 17.1 Å². The lowest BCUT2D eigenvalue weighted by Gasteiger charge is -2.29. The first-order valence-electron chi connectivity index (χ1n) is 11.0. The van der Waals surface area contributed by atoms with Crippen molar-refractivity contribution < 1.29 is 4.74 Å². The summed E-state index contributed by atoms with van der Waals surface area (Å²) in [5.74, 6) is 1.71. The number of aryl methyl sites for hydroxylation is 2. The third-order valence-electron chi connectivity index (χ3n) is 6.19. The number of aromatic amines is 1. The third-order valence-corrected chi connectivity index (χ3v) is 6.49. The summed E-state index contributed by atoms with van der Waals surface area (Å²) in [6.45, 7) is 7.16. The second-order valence-corrected chi connectivity index (χ2v) is 8.72. The molecule has 8 heteroatoms. The zero-order chi connectivity index (χ0) is 22.5. The third kappa shape index (κ3) is 3.35. The van der Waals surface area contributed by atoms with E-state index >= 15 is 0 Å². The molecule has 5 aromatic rings. The van der Waals surface area contributed by atoms with Gasteiger partial charge in [-0.15, -0.1) is 0 Å².